The molecule has 4 rings (SSSR count). The van der Waals surface area contributed by atoms with Gasteiger partial charge in [-0.3, -0.25) is 9.36 Å². The van der Waals surface area contributed by atoms with Crippen molar-refractivity contribution in [2.24, 2.45) is 11.8 Å². The molecule has 5 nitrogen and oxygen atoms in total. The fourth-order valence-electron chi connectivity index (χ4n) is 4.02. The number of aromatic amines is 1. The van der Waals surface area contributed by atoms with Gasteiger partial charge in [0.05, 0.1) is 11.0 Å². The number of rotatable bonds is 3. The zero-order chi connectivity index (χ0) is 16.0. The van der Waals surface area contributed by atoms with Gasteiger partial charge in [-0.1, -0.05) is 25.5 Å². The molecular formula is C18H23N3O2. The van der Waals surface area contributed by atoms with E-state index in [-0.39, 0.29) is 17.6 Å². The summed E-state index contributed by atoms with van der Waals surface area (Å²) in [6, 6.07) is 8.00. The van der Waals surface area contributed by atoms with Crippen LogP contribution in [0.2, 0.25) is 0 Å². The zero-order valence-corrected chi connectivity index (χ0v) is 13.5. The van der Waals surface area contributed by atoms with Gasteiger partial charge in [0.2, 0.25) is 5.91 Å². The second kappa shape index (κ2) is 5.55. The molecule has 2 aromatic rings. The van der Waals surface area contributed by atoms with Crippen LogP contribution in [-0.2, 0) is 4.79 Å². The minimum absolute atomic E-state index is 0.0378. The summed E-state index contributed by atoms with van der Waals surface area (Å²) in [6.45, 7) is 3.69. The average molecular weight is 313 g/mol. The summed E-state index contributed by atoms with van der Waals surface area (Å²) < 4.78 is 1.88. The van der Waals surface area contributed by atoms with E-state index in [1.807, 2.05) is 33.7 Å². The van der Waals surface area contributed by atoms with Gasteiger partial charge in [0, 0.05) is 25.0 Å². The topological polar surface area (TPSA) is 58.1 Å². The number of amides is 1. The number of H-pyrrole nitrogens is 1. The fraction of sp³-hybridized carbons (Fsp3) is 0.556. The van der Waals surface area contributed by atoms with Crippen molar-refractivity contribution >= 4 is 16.9 Å². The van der Waals surface area contributed by atoms with E-state index in [1.165, 1.54) is 0 Å². The van der Waals surface area contributed by atoms with Crippen molar-refractivity contribution in [1.82, 2.24) is 14.5 Å². The number of hydrogen-bond donors (Lipinski definition) is 1. The molecule has 23 heavy (non-hydrogen) atoms. The highest BCUT2D eigenvalue weighted by Gasteiger charge is 2.44. The highest BCUT2D eigenvalue weighted by atomic mass is 16.2. The van der Waals surface area contributed by atoms with Gasteiger partial charge in [-0.05, 0) is 37.3 Å². The number of imidazole rings is 1. The Morgan fingerprint density at radius 2 is 2.00 bits per heavy atom. The number of nitrogens with zero attached hydrogens (tertiary/aromatic N) is 2. The third kappa shape index (κ3) is 2.48. The molecule has 1 amide bonds. The molecule has 0 bridgehead atoms. The largest absolute Gasteiger partial charge is 0.342 e. The number of hydrogen-bond acceptors (Lipinski definition) is 2. The minimum Gasteiger partial charge on any atom is -0.342 e. The van der Waals surface area contributed by atoms with Crippen LogP contribution in [0.25, 0.3) is 11.0 Å². The van der Waals surface area contributed by atoms with Gasteiger partial charge in [-0.15, -0.1) is 0 Å². The number of benzene rings is 1. The van der Waals surface area contributed by atoms with Crippen LogP contribution >= 0.6 is 0 Å². The number of fused-ring (bicyclic) bond motifs is 1. The molecule has 5 heteroatoms. The van der Waals surface area contributed by atoms with Crippen molar-refractivity contribution in [3.05, 3.63) is 34.7 Å². The average Bonchev–Trinajstić information content (AvgIpc) is 3.29. The monoisotopic (exact) mass is 313 g/mol. The smallest absolute Gasteiger partial charge is 0.326 e. The van der Waals surface area contributed by atoms with Gasteiger partial charge in [0.15, 0.2) is 0 Å². The predicted octanol–water partition coefficient (Wildman–Crippen LogP) is 2.54. The quantitative estimate of drug-likeness (QED) is 0.946. The summed E-state index contributed by atoms with van der Waals surface area (Å²) in [5.74, 6) is 1.21. The summed E-state index contributed by atoms with van der Waals surface area (Å²) in [7, 11) is 0. The van der Waals surface area contributed by atoms with Crippen LogP contribution in [0.3, 0.4) is 0 Å². The molecule has 2 fully saturated rings. The molecule has 1 N–H and O–H groups in total. The van der Waals surface area contributed by atoms with Crippen LogP contribution in [0.1, 0.15) is 38.6 Å². The molecule has 2 atom stereocenters. The van der Waals surface area contributed by atoms with E-state index in [2.05, 4.69) is 11.9 Å². The molecule has 1 aromatic carbocycles. The lowest BCUT2D eigenvalue weighted by molar-refractivity contribution is -0.134. The Morgan fingerprint density at radius 3 is 2.70 bits per heavy atom. The van der Waals surface area contributed by atoms with Crippen molar-refractivity contribution in [1.29, 1.82) is 0 Å². The third-order valence-corrected chi connectivity index (χ3v) is 5.53. The Kier molecular flexibility index (Phi) is 3.51. The van der Waals surface area contributed by atoms with Crippen molar-refractivity contribution < 1.29 is 4.79 Å². The molecule has 122 valence electrons. The summed E-state index contributed by atoms with van der Waals surface area (Å²) in [4.78, 5) is 29.7. The van der Waals surface area contributed by atoms with E-state index < -0.39 is 0 Å². The van der Waals surface area contributed by atoms with Gasteiger partial charge in [-0.2, -0.15) is 0 Å². The Labute approximate surface area is 135 Å². The molecule has 1 aliphatic heterocycles. The van der Waals surface area contributed by atoms with E-state index in [9.17, 15) is 9.59 Å². The van der Waals surface area contributed by atoms with E-state index >= 15 is 0 Å². The number of aromatic nitrogens is 2. The molecule has 1 aromatic heterocycles. The third-order valence-electron chi connectivity index (χ3n) is 5.53. The number of likely N-dealkylation sites (tertiary alicyclic amines) is 1. The number of nitrogens with one attached hydrogen (secondary N) is 1. The van der Waals surface area contributed by atoms with Crippen LogP contribution in [-0.4, -0.2) is 33.4 Å². The van der Waals surface area contributed by atoms with Crippen molar-refractivity contribution in [3.63, 3.8) is 0 Å². The van der Waals surface area contributed by atoms with Gasteiger partial charge in [0.1, 0.15) is 0 Å². The van der Waals surface area contributed by atoms with Crippen LogP contribution < -0.4 is 5.69 Å². The first-order valence-electron chi connectivity index (χ1n) is 8.67. The van der Waals surface area contributed by atoms with Gasteiger partial charge in [0.25, 0.3) is 0 Å². The fourth-order valence-corrected chi connectivity index (χ4v) is 4.02. The van der Waals surface area contributed by atoms with Crippen LogP contribution in [0.15, 0.2) is 29.1 Å². The second-order valence-corrected chi connectivity index (χ2v) is 6.88. The first-order valence-corrected chi connectivity index (χ1v) is 8.67. The standard InChI is InChI=1S/C18H23N3O2/c1-2-12-11-14(12)17(22)20-9-7-13(8-10-20)21-16-6-4-3-5-15(16)19-18(21)23/h3-6,12-14H,2,7-11H2,1H3,(H,19,23). The van der Waals surface area contributed by atoms with Crippen LogP contribution in [0, 0.1) is 11.8 Å². The van der Waals surface area contributed by atoms with Crippen molar-refractivity contribution in [2.45, 2.75) is 38.6 Å². The normalized spacial score (nSPS) is 25.0. The molecular weight excluding hydrogens is 290 g/mol. The number of carbonyl (C=O) groups is 1. The maximum Gasteiger partial charge on any atom is 0.326 e. The molecule has 1 saturated heterocycles. The lowest BCUT2D eigenvalue weighted by Gasteiger charge is -2.32. The number of para-hydroxylation sites is 2. The van der Waals surface area contributed by atoms with E-state index in [1.54, 1.807) is 0 Å². The Balaban J connectivity index is 1.48. The molecule has 0 spiro atoms. The highest BCUT2D eigenvalue weighted by Crippen LogP contribution is 2.42. The lowest BCUT2D eigenvalue weighted by atomic mass is 10.0. The lowest BCUT2D eigenvalue weighted by Crippen LogP contribution is -2.41. The Bertz CT molecular complexity index is 783. The Morgan fingerprint density at radius 1 is 1.26 bits per heavy atom. The Hall–Kier alpha value is -2.04. The minimum atomic E-state index is -0.0378. The first kappa shape index (κ1) is 14.5. The molecule has 2 heterocycles. The SMILES string of the molecule is CCC1CC1C(=O)N1CCC(n2c(=O)[nH]c3ccccc32)CC1. The predicted molar refractivity (Wildman–Crippen MR) is 89.3 cm³/mol. The summed E-state index contributed by atoms with van der Waals surface area (Å²) in [5.41, 5.74) is 1.82. The molecule has 0 radical (unpaired) electrons. The molecule has 1 aliphatic carbocycles. The maximum absolute atomic E-state index is 12.5. The van der Waals surface area contributed by atoms with Crippen LogP contribution in [0.4, 0.5) is 0 Å². The van der Waals surface area contributed by atoms with Crippen molar-refractivity contribution in [2.75, 3.05) is 13.1 Å². The zero-order valence-electron chi connectivity index (χ0n) is 13.5. The van der Waals surface area contributed by atoms with Crippen molar-refractivity contribution in [3.8, 4) is 0 Å². The van der Waals surface area contributed by atoms with E-state index in [0.717, 1.165) is 49.8 Å². The summed E-state index contributed by atoms with van der Waals surface area (Å²) in [6.07, 6.45) is 3.89. The number of piperidine rings is 1. The van der Waals surface area contributed by atoms with Gasteiger partial charge < -0.3 is 9.88 Å². The van der Waals surface area contributed by atoms with Gasteiger partial charge in [-0.25, -0.2) is 4.79 Å². The molecule has 2 aliphatic rings. The summed E-state index contributed by atoms with van der Waals surface area (Å²) >= 11 is 0. The second-order valence-electron chi connectivity index (χ2n) is 6.88. The summed E-state index contributed by atoms with van der Waals surface area (Å²) in [5, 5.41) is 0. The van der Waals surface area contributed by atoms with E-state index in [4.69, 9.17) is 0 Å². The molecule has 1 saturated carbocycles. The first-order chi connectivity index (χ1) is 11.2. The molecule has 2 unspecified atom stereocenters. The van der Waals surface area contributed by atoms with Gasteiger partial charge >= 0.3 is 5.69 Å². The number of carbonyl (C=O) groups excluding carboxylic acids is 1. The maximum atomic E-state index is 12.5. The van der Waals surface area contributed by atoms with E-state index in [0.29, 0.717) is 11.8 Å². The highest BCUT2D eigenvalue weighted by molar-refractivity contribution is 5.81. The van der Waals surface area contributed by atoms with Crippen LogP contribution in [0.5, 0.6) is 0 Å².